The van der Waals surface area contributed by atoms with Crippen LogP contribution in [0.15, 0.2) is 12.5 Å². The van der Waals surface area contributed by atoms with Crippen LogP contribution >= 0.6 is 0 Å². The number of rotatable bonds is 3. The van der Waals surface area contributed by atoms with E-state index in [1.807, 2.05) is 47.1 Å². The molecular weight excluding hydrogens is 254 g/mol. The van der Waals surface area contributed by atoms with Crippen molar-refractivity contribution in [1.29, 1.82) is 0 Å². The van der Waals surface area contributed by atoms with Crippen molar-refractivity contribution in [2.45, 2.75) is 64.6 Å². The van der Waals surface area contributed by atoms with Crippen molar-refractivity contribution < 1.29 is 9.53 Å². The fraction of sp³-hybridized carbons (Fsp3) is 0.733. The summed E-state index contributed by atoms with van der Waals surface area (Å²) in [5, 5.41) is 0. The summed E-state index contributed by atoms with van der Waals surface area (Å²) in [5.41, 5.74) is 0.105. The van der Waals surface area contributed by atoms with Gasteiger partial charge >= 0.3 is 6.09 Å². The molecule has 112 valence electrons. The van der Waals surface area contributed by atoms with Gasteiger partial charge < -0.3 is 14.2 Å². The van der Waals surface area contributed by atoms with Crippen LogP contribution in [-0.2, 0) is 10.3 Å². The lowest BCUT2D eigenvalue weighted by Crippen LogP contribution is -2.46. The van der Waals surface area contributed by atoms with E-state index in [2.05, 4.69) is 9.55 Å². The molecule has 1 heterocycles. The molecule has 20 heavy (non-hydrogen) atoms. The second kappa shape index (κ2) is 4.79. The number of nitrogens with zero attached hydrogens (tertiary/aromatic N) is 3. The number of hydrogen-bond donors (Lipinski definition) is 0. The maximum absolute atomic E-state index is 12.3. The van der Waals surface area contributed by atoms with Crippen LogP contribution in [0.2, 0.25) is 0 Å². The Kier molecular flexibility index (Phi) is 3.56. The van der Waals surface area contributed by atoms with E-state index in [0.717, 1.165) is 5.69 Å². The van der Waals surface area contributed by atoms with Crippen LogP contribution in [0.5, 0.6) is 0 Å². The monoisotopic (exact) mass is 279 g/mol. The van der Waals surface area contributed by atoms with E-state index in [1.165, 1.54) is 12.8 Å². The third-order valence-electron chi connectivity index (χ3n) is 3.74. The van der Waals surface area contributed by atoms with E-state index in [0.29, 0.717) is 6.04 Å². The number of carbonyl (C=O) groups excluding carboxylic acids is 1. The van der Waals surface area contributed by atoms with Crippen LogP contribution in [0, 0.1) is 0 Å². The zero-order valence-corrected chi connectivity index (χ0v) is 13.3. The van der Waals surface area contributed by atoms with Gasteiger partial charge in [0.1, 0.15) is 5.60 Å². The fourth-order valence-electron chi connectivity index (χ4n) is 2.15. The lowest BCUT2D eigenvalue weighted by atomic mass is 9.99. The fourth-order valence-corrected chi connectivity index (χ4v) is 2.15. The van der Waals surface area contributed by atoms with Crippen molar-refractivity contribution in [1.82, 2.24) is 14.5 Å². The summed E-state index contributed by atoms with van der Waals surface area (Å²) in [5.74, 6) is 0. The molecule has 0 aliphatic heterocycles. The van der Waals surface area contributed by atoms with Gasteiger partial charge in [0.15, 0.2) is 0 Å². The molecule has 0 atom stereocenters. The molecule has 1 fully saturated rings. The number of amides is 1. The Morgan fingerprint density at radius 2 is 1.95 bits per heavy atom. The average Bonchev–Trinajstić information content (AvgIpc) is 3.03. The largest absolute Gasteiger partial charge is 0.444 e. The van der Waals surface area contributed by atoms with Crippen molar-refractivity contribution in [2.24, 2.45) is 0 Å². The van der Waals surface area contributed by atoms with Gasteiger partial charge in [-0.25, -0.2) is 9.78 Å². The number of aromatic nitrogens is 2. The predicted molar refractivity (Wildman–Crippen MR) is 77.5 cm³/mol. The highest BCUT2D eigenvalue weighted by atomic mass is 16.6. The minimum absolute atomic E-state index is 0.314. The van der Waals surface area contributed by atoms with Crippen LogP contribution < -0.4 is 0 Å². The van der Waals surface area contributed by atoms with Gasteiger partial charge in [0.05, 0.1) is 23.8 Å². The first-order valence-corrected chi connectivity index (χ1v) is 7.12. The summed E-state index contributed by atoms with van der Waals surface area (Å²) < 4.78 is 7.64. The molecule has 0 N–H and O–H groups in total. The molecule has 2 rings (SSSR count). The first kappa shape index (κ1) is 14.9. The molecule has 1 aliphatic rings. The summed E-state index contributed by atoms with van der Waals surface area (Å²) in [6, 6.07) is 0.541. The average molecular weight is 279 g/mol. The minimum Gasteiger partial charge on any atom is -0.444 e. The van der Waals surface area contributed by atoms with E-state index in [1.54, 1.807) is 11.9 Å². The van der Waals surface area contributed by atoms with Gasteiger partial charge in [-0.3, -0.25) is 0 Å². The number of ether oxygens (including phenoxy) is 1. The molecule has 5 nitrogen and oxygen atoms in total. The van der Waals surface area contributed by atoms with Gasteiger partial charge in [0.2, 0.25) is 0 Å². The normalized spacial score (nSPS) is 16.1. The first-order valence-electron chi connectivity index (χ1n) is 7.12. The van der Waals surface area contributed by atoms with Gasteiger partial charge in [-0.2, -0.15) is 0 Å². The van der Waals surface area contributed by atoms with Crippen molar-refractivity contribution in [3.8, 4) is 0 Å². The summed E-state index contributed by atoms with van der Waals surface area (Å²) in [6.07, 6.45) is 5.77. The van der Waals surface area contributed by atoms with Crippen LogP contribution in [0.25, 0.3) is 0 Å². The molecule has 1 aromatic heterocycles. The maximum atomic E-state index is 12.3. The van der Waals surface area contributed by atoms with Gasteiger partial charge in [-0.15, -0.1) is 0 Å². The SMILES string of the molecule is CN(C(=O)OC(C)(C)C)C(C)(C)c1cncn1C1CC1. The zero-order valence-electron chi connectivity index (χ0n) is 13.3. The number of imidazole rings is 1. The Morgan fingerprint density at radius 1 is 1.35 bits per heavy atom. The maximum Gasteiger partial charge on any atom is 0.410 e. The van der Waals surface area contributed by atoms with Crippen molar-refractivity contribution in [3.05, 3.63) is 18.2 Å². The highest BCUT2D eigenvalue weighted by Gasteiger charge is 2.37. The molecule has 0 aromatic carbocycles. The van der Waals surface area contributed by atoms with Gasteiger partial charge in [0.25, 0.3) is 0 Å². The molecule has 1 amide bonds. The van der Waals surface area contributed by atoms with E-state index in [-0.39, 0.29) is 6.09 Å². The molecule has 1 aliphatic carbocycles. The van der Waals surface area contributed by atoms with Gasteiger partial charge in [0, 0.05) is 13.1 Å². The van der Waals surface area contributed by atoms with E-state index >= 15 is 0 Å². The third kappa shape index (κ3) is 2.97. The van der Waals surface area contributed by atoms with Crippen molar-refractivity contribution >= 4 is 6.09 Å². The van der Waals surface area contributed by atoms with Crippen LogP contribution in [0.4, 0.5) is 4.79 Å². The smallest absolute Gasteiger partial charge is 0.410 e. The topological polar surface area (TPSA) is 47.4 Å². The minimum atomic E-state index is -0.488. The Labute approximate surface area is 120 Å². The number of carbonyl (C=O) groups is 1. The molecule has 1 saturated carbocycles. The standard InChI is InChI=1S/C15H25N3O2/c1-14(2,3)20-13(19)17(6)15(4,5)12-9-16-10-18(12)11-7-8-11/h9-11H,7-8H2,1-6H3. The summed E-state index contributed by atoms with van der Waals surface area (Å²) in [7, 11) is 1.78. The summed E-state index contributed by atoms with van der Waals surface area (Å²) >= 11 is 0. The Balaban J connectivity index is 2.20. The quantitative estimate of drug-likeness (QED) is 0.852. The predicted octanol–water partition coefficient (Wildman–Crippen LogP) is 3.32. The van der Waals surface area contributed by atoms with E-state index in [9.17, 15) is 4.79 Å². The Hall–Kier alpha value is -1.52. The highest BCUT2D eigenvalue weighted by molar-refractivity contribution is 5.69. The highest BCUT2D eigenvalue weighted by Crippen LogP contribution is 2.39. The van der Waals surface area contributed by atoms with Gasteiger partial charge in [-0.1, -0.05) is 0 Å². The zero-order chi connectivity index (χ0) is 15.1. The second-order valence-corrected chi connectivity index (χ2v) is 7.02. The van der Waals surface area contributed by atoms with Crippen LogP contribution in [0.1, 0.15) is 59.2 Å². The molecule has 5 heteroatoms. The lowest BCUT2D eigenvalue weighted by Gasteiger charge is -2.37. The van der Waals surface area contributed by atoms with E-state index in [4.69, 9.17) is 4.74 Å². The molecule has 0 bridgehead atoms. The van der Waals surface area contributed by atoms with Crippen molar-refractivity contribution in [2.75, 3.05) is 7.05 Å². The molecule has 0 saturated heterocycles. The Morgan fingerprint density at radius 3 is 2.45 bits per heavy atom. The van der Waals surface area contributed by atoms with Crippen molar-refractivity contribution in [3.63, 3.8) is 0 Å². The summed E-state index contributed by atoms with van der Waals surface area (Å²) in [6.45, 7) is 9.67. The molecule has 0 spiro atoms. The van der Waals surface area contributed by atoms with Crippen LogP contribution in [-0.4, -0.2) is 33.2 Å². The molecule has 0 radical (unpaired) electrons. The van der Waals surface area contributed by atoms with Gasteiger partial charge in [-0.05, 0) is 47.5 Å². The van der Waals surface area contributed by atoms with Crippen LogP contribution in [0.3, 0.4) is 0 Å². The molecular formula is C15H25N3O2. The molecule has 0 unspecified atom stereocenters. The first-order chi connectivity index (χ1) is 9.13. The molecule has 1 aromatic rings. The Bertz CT molecular complexity index is 495. The lowest BCUT2D eigenvalue weighted by molar-refractivity contribution is 0.00913. The summed E-state index contributed by atoms with van der Waals surface area (Å²) in [4.78, 5) is 18.2. The van der Waals surface area contributed by atoms with E-state index < -0.39 is 11.1 Å². The number of hydrogen-bond acceptors (Lipinski definition) is 3. The second-order valence-electron chi connectivity index (χ2n) is 7.02. The third-order valence-corrected chi connectivity index (χ3v) is 3.74.